The Hall–Kier alpha value is -2.09. The molecule has 0 spiro atoms. The number of nitriles is 1. The Bertz CT molecular complexity index is 541. The highest BCUT2D eigenvalue weighted by Crippen LogP contribution is 2.31. The summed E-state index contributed by atoms with van der Waals surface area (Å²) in [6.45, 7) is 1.83. The maximum absolute atomic E-state index is 11.7. The summed E-state index contributed by atoms with van der Waals surface area (Å²) in [6.07, 6.45) is 5.03. The van der Waals surface area contributed by atoms with E-state index in [9.17, 15) is 9.90 Å². The van der Waals surface area contributed by atoms with E-state index in [1.54, 1.807) is 12.1 Å². The highest BCUT2D eigenvalue weighted by atomic mass is 16.4. The monoisotopic (exact) mass is 273 g/mol. The minimum absolute atomic E-state index is 0.386. The van der Waals surface area contributed by atoms with E-state index in [1.807, 2.05) is 6.92 Å². The number of carbonyl (C=O) groups is 1. The Kier molecular flexibility index (Phi) is 4.23. The number of carboxylic acids is 1. The summed E-state index contributed by atoms with van der Waals surface area (Å²) in [4.78, 5) is 16.0. The molecule has 106 valence electrons. The molecule has 5 nitrogen and oxygen atoms in total. The second kappa shape index (κ2) is 5.91. The Balaban J connectivity index is 2.35. The standard InChI is InChI=1S/C15H19N3O2/c1-11-6-7-12(10-16)13(17-11)18-15(14(19)20)8-4-2-3-5-9-15/h6-7H,2-5,8-9H2,1H3,(H,17,18)(H,19,20). The number of carboxylic acid groups (broad SMARTS) is 1. The molecule has 1 aliphatic carbocycles. The smallest absolute Gasteiger partial charge is 0.329 e. The van der Waals surface area contributed by atoms with E-state index in [1.165, 1.54) is 0 Å². The van der Waals surface area contributed by atoms with Gasteiger partial charge in [0.05, 0.1) is 5.56 Å². The van der Waals surface area contributed by atoms with Crippen molar-refractivity contribution in [2.45, 2.75) is 51.0 Å². The largest absolute Gasteiger partial charge is 0.480 e. The van der Waals surface area contributed by atoms with Gasteiger partial charge < -0.3 is 10.4 Å². The molecule has 1 aromatic rings. The van der Waals surface area contributed by atoms with Crippen LogP contribution in [0.3, 0.4) is 0 Å². The summed E-state index contributed by atoms with van der Waals surface area (Å²) in [5.74, 6) is -0.469. The van der Waals surface area contributed by atoms with E-state index in [0.29, 0.717) is 24.2 Å². The van der Waals surface area contributed by atoms with Gasteiger partial charge in [0.25, 0.3) is 0 Å². The number of anilines is 1. The zero-order chi connectivity index (χ0) is 14.6. The molecule has 5 heteroatoms. The van der Waals surface area contributed by atoms with E-state index < -0.39 is 11.5 Å². The molecule has 1 saturated carbocycles. The highest BCUT2D eigenvalue weighted by molar-refractivity contribution is 5.83. The topological polar surface area (TPSA) is 86.0 Å². The lowest BCUT2D eigenvalue weighted by molar-refractivity contribution is -0.142. The molecule has 0 radical (unpaired) electrons. The zero-order valence-corrected chi connectivity index (χ0v) is 11.6. The number of nitrogens with zero attached hydrogens (tertiary/aromatic N) is 2. The molecule has 2 N–H and O–H groups in total. The summed E-state index contributed by atoms with van der Waals surface area (Å²) in [5, 5.41) is 21.8. The number of hydrogen-bond acceptors (Lipinski definition) is 4. The molecule has 1 heterocycles. The van der Waals surface area contributed by atoms with Crippen molar-refractivity contribution in [2.24, 2.45) is 0 Å². The first-order valence-electron chi connectivity index (χ1n) is 6.97. The lowest BCUT2D eigenvalue weighted by Gasteiger charge is -2.30. The first-order valence-corrected chi connectivity index (χ1v) is 6.97. The zero-order valence-electron chi connectivity index (χ0n) is 11.6. The Labute approximate surface area is 118 Å². The third-order valence-electron chi connectivity index (χ3n) is 3.88. The lowest BCUT2D eigenvalue weighted by atomic mass is 9.90. The van der Waals surface area contributed by atoms with Gasteiger partial charge in [-0.15, -0.1) is 0 Å². The summed E-state index contributed by atoms with van der Waals surface area (Å²) in [6, 6.07) is 5.50. The van der Waals surface area contributed by atoms with E-state index in [2.05, 4.69) is 16.4 Å². The molecule has 2 rings (SSSR count). The average molecular weight is 273 g/mol. The minimum atomic E-state index is -0.997. The van der Waals surface area contributed by atoms with Crippen molar-refractivity contribution in [2.75, 3.05) is 5.32 Å². The van der Waals surface area contributed by atoms with Crippen LogP contribution in [0.5, 0.6) is 0 Å². The SMILES string of the molecule is Cc1ccc(C#N)c(NC2(C(=O)O)CCCCCC2)n1. The van der Waals surface area contributed by atoms with Gasteiger partial charge in [-0.05, 0) is 31.9 Å². The molecule has 1 aromatic heterocycles. The molecule has 0 aromatic carbocycles. The van der Waals surface area contributed by atoms with Crippen molar-refractivity contribution in [1.82, 2.24) is 4.98 Å². The van der Waals surface area contributed by atoms with E-state index in [4.69, 9.17) is 5.26 Å². The van der Waals surface area contributed by atoms with Crippen molar-refractivity contribution in [3.8, 4) is 6.07 Å². The molecule has 0 saturated heterocycles. The number of aromatic nitrogens is 1. The Morgan fingerprint density at radius 2 is 2.00 bits per heavy atom. The molecule has 0 unspecified atom stereocenters. The van der Waals surface area contributed by atoms with Crippen molar-refractivity contribution in [3.05, 3.63) is 23.4 Å². The van der Waals surface area contributed by atoms with Gasteiger partial charge >= 0.3 is 5.97 Å². The normalized spacial score (nSPS) is 17.8. The second-order valence-corrected chi connectivity index (χ2v) is 5.39. The summed E-state index contributed by atoms with van der Waals surface area (Å²) in [5.41, 5.74) is 0.157. The van der Waals surface area contributed by atoms with Gasteiger partial charge in [-0.1, -0.05) is 25.7 Å². The van der Waals surface area contributed by atoms with Crippen molar-refractivity contribution >= 4 is 11.8 Å². The predicted octanol–water partition coefficient (Wildman–Crippen LogP) is 2.85. The van der Waals surface area contributed by atoms with Gasteiger partial charge in [0.1, 0.15) is 17.4 Å². The second-order valence-electron chi connectivity index (χ2n) is 5.39. The summed E-state index contributed by atoms with van der Waals surface area (Å²) in [7, 11) is 0. The van der Waals surface area contributed by atoms with Crippen LogP contribution in [0.2, 0.25) is 0 Å². The van der Waals surface area contributed by atoms with Crippen LogP contribution in [0, 0.1) is 18.3 Å². The predicted molar refractivity (Wildman–Crippen MR) is 75.4 cm³/mol. The van der Waals surface area contributed by atoms with Crippen LogP contribution in [0.15, 0.2) is 12.1 Å². The van der Waals surface area contributed by atoms with E-state index in [-0.39, 0.29) is 0 Å². The fraction of sp³-hybridized carbons (Fsp3) is 0.533. The molecular formula is C15H19N3O2. The van der Waals surface area contributed by atoms with Gasteiger partial charge in [-0.3, -0.25) is 0 Å². The van der Waals surface area contributed by atoms with Gasteiger partial charge in [0, 0.05) is 5.69 Å². The van der Waals surface area contributed by atoms with Crippen LogP contribution < -0.4 is 5.32 Å². The van der Waals surface area contributed by atoms with E-state index in [0.717, 1.165) is 31.4 Å². The van der Waals surface area contributed by atoms with Crippen LogP contribution in [-0.4, -0.2) is 21.6 Å². The maximum Gasteiger partial charge on any atom is 0.329 e. The molecule has 0 atom stereocenters. The van der Waals surface area contributed by atoms with Gasteiger partial charge in [0.2, 0.25) is 0 Å². The molecule has 0 amide bonds. The number of aliphatic carboxylic acids is 1. The lowest BCUT2D eigenvalue weighted by Crippen LogP contribution is -2.46. The minimum Gasteiger partial charge on any atom is -0.480 e. The maximum atomic E-state index is 11.7. The number of nitrogens with one attached hydrogen (secondary N) is 1. The summed E-state index contributed by atoms with van der Waals surface area (Å²) >= 11 is 0. The average Bonchev–Trinajstić information content (AvgIpc) is 2.66. The van der Waals surface area contributed by atoms with Crippen LogP contribution in [0.4, 0.5) is 5.82 Å². The molecule has 0 bridgehead atoms. The van der Waals surface area contributed by atoms with Crippen molar-refractivity contribution < 1.29 is 9.90 Å². The van der Waals surface area contributed by atoms with Gasteiger partial charge in [-0.2, -0.15) is 5.26 Å². The van der Waals surface area contributed by atoms with Crippen LogP contribution >= 0.6 is 0 Å². The third kappa shape index (κ3) is 2.90. The van der Waals surface area contributed by atoms with Gasteiger partial charge in [0.15, 0.2) is 0 Å². The number of hydrogen-bond donors (Lipinski definition) is 2. The molecule has 1 aliphatic rings. The number of rotatable bonds is 3. The van der Waals surface area contributed by atoms with Gasteiger partial charge in [-0.25, -0.2) is 9.78 Å². The number of pyridine rings is 1. The quantitative estimate of drug-likeness (QED) is 0.827. The highest BCUT2D eigenvalue weighted by Gasteiger charge is 2.39. The fourth-order valence-electron chi connectivity index (χ4n) is 2.69. The van der Waals surface area contributed by atoms with Crippen molar-refractivity contribution in [1.29, 1.82) is 5.26 Å². The van der Waals surface area contributed by atoms with Crippen LogP contribution in [0.25, 0.3) is 0 Å². The fourth-order valence-corrected chi connectivity index (χ4v) is 2.69. The molecular weight excluding hydrogens is 254 g/mol. The molecule has 0 aliphatic heterocycles. The first kappa shape index (κ1) is 14.3. The Morgan fingerprint density at radius 1 is 1.35 bits per heavy atom. The van der Waals surface area contributed by atoms with Crippen molar-refractivity contribution in [3.63, 3.8) is 0 Å². The molecule has 1 fully saturated rings. The van der Waals surface area contributed by atoms with Crippen LogP contribution in [0.1, 0.15) is 49.8 Å². The third-order valence-corrected chi connectivity index (χ3v) is 3.88. The molecule has 20 heavy (non-hydrogen) atoms. The Morgan fingerprint density at radius 3 is 2.55 bits per heavy atom. The summed E-state index contributed by atoms with van der Waals surface area (Å²) < 4.78 is 0. The number of aryl methyl sites for hydroxylation is 1. The van der Waals surface area contributed by atoms with Crippen LogP contribution in [-0.2, 0) is 4.79 Å². The van der Waals surface area contributed by atoms with E-state index >= 15 is 0 Å². The first-order chi connectivity index (χ1) is 9.57.